The molecule has 0 saturated carbocycles. The number of nitrogens with zero attached hydrogens (tertiary/aromatic N) is 1. The normalized spacial score (nSPS) is 11.7. The van der Waals surface area contributed by atoms with Crippen molar-refractivity contribution < 1.29 is 9.59 Å². The Kier molecular flexibility index (Phi) is 9.26. The summed E-state index contributed by atoms with van der Waals surface area (Å²) in [7, 11) is 0. The average Bonchev–Trinajstić information content (AvgIpc) is 2.72. The van der Waals surface area contributed by atoms with Crippen LogP contribution in [0.15, 0.2) is 53.4 Å². The van der Waals surface area contributed by atoms with Crippen molar-refractivity contribution in [2.45, 2.75) is 58.0 Å². The molecule has 1 unspecified atom stereocenters. The molecule has 0 aliphatic rings. The van der Waals surface area contributed by atoms with Crippen LogP contribution in [0.3, 0.4) is 0 Å². The molecule has 0 aliphatic heterocycles. The van der Waals surface area contributed by atoms with Crippen LogP contribution in [0.25, 0.3) is 0 Å². The minimum atomic E-state index is -0.465. The van der Waals surface area contributed by atoms with Gasteiger partial charge in [-0.15, -0.1) is 11.8 Å². The minimum Gasteiger partial charge on any atom is -0.354 e. The fraction of sp³-hybridized carbons (Fsp3) is 0.417. The molecule has 5 heteroatoms. The Balaban J connectivity index is 2.19. The van der Waals surface area contributed by atoms with Crippen LogP contribution in [0.2, 0.25) is 0 Å². The van der Waals surface area contributed by atoms with Crippen molar-refractivity contribution in [1.82, 2.24) is 10.2 Å². The number of carbonyl (C=O) groups is 2. The fourth-order valence-electron chi connectivity index (χ4n) is 3.12. The third kappa shape index (κ3) is 6.93. The van der Waals surface area contributed by atoms with Crippen LogP contribution in [0, 0.1) is 13.8 Å². The van der Waals surface area contributed by atoms with Gasteiger partial charge in [0.2, 0.25) is 11.8 Å². The Bertz CT molecular complexity index is 805. The molecule has 2 aromatic rings. The molecule has 1 atom stereocenters. The number of hydrogen-bond acceptors (Lipinski definition) is 3. The summed E-state index contributed by atoms with van der Waals surface area (Å²) in [6.07, 6.45) is 1.46. The summed E-state index contributed by atoms with van der Waals surface area (Å²) in [4.78, 5) is 28.8. The first-order valence-electron chi connectivity index (χ1n) is 10.3. The first-order valence-corrected chi connectivity index (χ1v) is 11.3. The second-order valence-corrected chi connectivity index (χ2v) is 8.31. The Morgan fingerprint density at radius 1 is 1.03 bits per heavy atom. The van der Waals surface area contributed by atoms with Crippen LogP contribution in [0.5, 0.6) is 0 Å². The van der Waals surface area contributed by atoms with Gasteiger partial charge >= 0.3 is 0 Å². The maximum Gasteiger partial charge on any atom is 0.242 e. The van der Waals surface area contributed by atoms with Crippen LogP contribution >= 0.6 is 11.8 Å². The van der Waals surface area contributed by atoms with Gasteiger partial charge in [0.1, 0.15) is 6.04 Å². The number of rotatable bonds is 10. The first-order chi connectivity index (χ1) is 14.0. The van der Waals surface area contributed by atoms with E-state index < -0.39 is 6.04 Å². The molecule has 2 aromatic carbocycles. The Hall–Kier alpha value is -2.27. The van der Waals surface area contributed by atoms with Crippen molar-refractivity contribution in [3.63, 3.8) is 0 Å². The van der Waals surface area contributed by atoms with Gasteiger partial charge in [0.25, 0.3) is 0 Å². The molecule has 0 fully saturated rings. The SMILES string of the molecule is CCCNC(=O)C(CC)N(Cc1ccccc1C)C(=O)CSc1ccc(C)cc1. The van der Waals surface area contributed by atoms with Crippen LogP contribution in [0.4, 0.5) is 0 Å². The van der Waals surface area contributed by atoms with Crippen molar-refractivity contribution in [3.8, 4) is 0 Å². The highest BCUT2D eigenvalue weighted by atomic mass is 32.2. The Morgan fingerprint density at radius 3 is 2.34 bits per heavy atom. The van der Waals surface area contributed by atoms with E-state index in [0.29, 0.717) is 25.3 Å². The smallest absolute Gasteiger partial charge is 0.242 e. The first kappa shape index (κ1) is 23.0. The van der Waals surface area contributed by atoms with E-state index in [1.807, 2.05) is 76.2 Å². The van der Waals surface area contributed by atoms with Crippen LogP contribution < -0.4 is 5.32 Å². The number of amides is 2. The number of thioether (sulfide) groups is 1. The molecule has 0 heterocycles. The molecule has 0 radical (unpaired) electrons. The maximum atomic E-state index is 13.2. The quantitative estimate of drug-likeness (QED) is 0.574. The molecule has 0 aliphatic carbocycles. The topological polar surface area (TPSA) is 49.4 Å². The molecule has 156 valence electrons. The summed E-state index contributed by atoms with van der Waals surface area (Å²) < 4.78 is 0. The summed E-state index contributed by atoms with van der Waals surface area (Å²) in [5.74, 6) is 0.223. The monoisotopic (exact) mass is 412 g/mol. The Labute approximate surface area is 179 Å². The van der Waals surface area contributed by atoms with Gasteiger partial charge < -0.3 is 10.2 Å². The van der Waals surface area contributed by atoms with Gasteiger partial charge in [0.05, 0.1) is 5.75 Å². The lowest BCUT2D eigenvalue weighted by Crippen LogP contribution is -2.49. The zero-order chi connectivity index (χ0) is 21.2. The van der Waals surface area contributed by atoms with E-state index in [0.717, 1.165) is 22.4 Å². The number of hydrogen-bond donors (Lipinski definition) is 1. The minimum absolute atomic E-state index is 0.0164. The number of benzene rings is 2. The summed E-state index contributed by atoms with van der Waals surface area (Å²) in [6.45, 7) is 9.14. The zero-order valence-corrected chi connectivity index (χ0v) is 18.7. The lowest BCUT2D eigenvalue weighted by Gasteiger charge is -2.31. The molecule has 29 heavy (non-hydrogen) atoms. The second kappa shape index (κ2) is 11.7. The highest BCUT2D eigenvalue weighted by molar-refractivity contribution is 8.00. The molecule has 2 rings (SSSR count). The zero-order valence-electron chi connectivity index (χ0n) is 17.9. The standard InChI is InChI=1S/C24H32N2O2S/c1-5-15-25-24(28)22(6-2)26(16-20-10-8-7-9-19(20)4)23(27)17-29-21-13-11-18(3)12-14-21/h7-14,22H,5-6,15-17H2,1-4H3,(H,25,28). The van der Waals surface area contributed by atoms with Crippen molar-refractivity contribution in [1.29, 1.82) is 0 Å². The summed E-state index contributed by atoms with van der Waals surface area (Å²) in [5.41, 5.74) is 3.39. The van der Waals surface area contributed by atoms with Gasteiger partial charge in [0, 0.05) is 18.0 Å². The predicted octanol–water partition coefficient (Wildman–Crippen LogP) is 4.73. The van der Waals surface area contributed by atoms with Crippen LogP contribution in [-0.4, -0.2) is 35.1 Å². The van der Waals surface area contributed by atoms with Crippen molar-refractivity contribution in [2.24, 2.45) is 0 Å². The van der Waals surface area contributed by atoms with Gasteiger partial charge in [-0.05, 0) is 49.9 Å². The highest BCUT2D eigenvalue weighted by Gasteiger charge is 2.28. The van der Waals surface area contributed by atoms with E-state index in [9.17, 15) is 9.59 Å². The molecular weight excluding hydrogens is 380 g/mol. The molecule has 2 amide bonds. The van der Waals surface area contributed by atoms with Crippen molar-refractivity contribution in [3.05, 3.63) is 65.2 Å². The predicted molar refractivity (Wildman–Crippen MR) is 121 cm³/mol. The summed E-state index contributed by atoms with van der Waals surface area (Å²) >= 11 is 1.51. The molecule has 4 nitrogen and oxygen atoms in total. The van der Waals surface area contributed by atoms with Gasteiger partial charge in [0.15, 0.2) is 0 Å². The van der Waals surface area contributed by atoms with Gasteiger partial charge in [-0.1, -0.05) is 55.8 Å². The summed E-state index contributed by atoms with van der Waals surface area (Å²) in [5, 5.41) is 2.96. The molecule has 0 aromatic heterocycles. The van der Waals surface area contributed by atoms with E-state index in [-0.39, 0.29) is 11.8 Å². The second-order valence-electron chi connectivity index (χ2n) is 7.26. The van der Waals surface area contributed by atoms with Gasteiger partial charge in [-0.25, -0.2) is 0 Å². The van der Waals surface area contributed by atoms with E-state index >= 15 is 0 Å². The lowest BCUT2D eigenvalue weighted by molar-refractivity contribution is -0.139. The molecule has 0 saturated heterocycles. The van der Waals surface area contributed by atoms with Crippen molar-refractivity contribution >= 4 is 23.6 Å². The van der Waals surface area contributed by atoms with Crippen molar-refractivity contribution in [2.75, 3.05) is 12.3 Å². The average molecular weight is 413 g/mol. The van der Waals surface area contributed by atoms with E-state index in [1.54, 1.807) is 4.90 Å². The van der Waals surface area contributed by atoms with Gasteiger partial charge in [-0.3, -0.25) is 9.59 Å². The van der Waals surface area contributed by atoms with E-state index in [1.165, 1.54) is 17.3 Å². The summed E-state index contributed by atoms with van der Waals surface area (Å²) in [6, 6.07) is 15.7. The van der Waals surface area contributed by atoms with Gasteiger partial charge in [-0.2, -0.15) is 0 Å². The van der Waals surface area contributed by atoms with E-state index in [4.69, 9.17) is 0 Å². The fourth-order valence-corrected chi connectivity index (χ4v) is 3.90. The molecule has 0 bridgehead atoms. The number of nitrogens with one attached hydrogen (secondary N) is 1. The number of carbonyl (C=O) groups excluding carboxylic acids is 2. The third-order valence-corrected chi connectivity index (χ3v) is 5.92. The maximum absolute atomic E-state index is 13.2. The lowest BCUT2D eigenvalue weighted by atomic mass is 10.1. The third-order valence-electron chi connectivity index (χ3n) is 4.92. The largest absolute Gasteiger partial charge is 0.354 e. The highest BCUT2D eigenvalue weighted by Crippen LogP contribution is 2.21. The molecular formula is C24H32N2O2S. The molecule has 0 spiro atoms. The Morgan fingerprint density at radius 2 is 1.72 bits per heavy atom. The van der Waals surface area contributed by atoms with E-state index in [2.05, 4.69) is 5.32 Å². The number of aryl methyl sites for hydroxylation is 2. The molecule has 1 N–H and O–H groups in total. The van der Waals surface area contributed by atoms with Crippen LogP contribution in [0.1, 0.15) is 43.4 Å². The van der Waals surface area contributed by atoms with Crippen LogP contribution in [-0.2, 0) is 16.1 Å².